The van der Waals surface area contributed by atoms with Gasteiger partial charge in [0.15, 0.2) is 0 Å². The number of benzene rings is 2. The highest BCUT2D eigenvalue weighted by Crippen LogP contribution is 2.27. The molecule has 22 heavy (non-hydrogen) atoms. The SMILES string of the molecule is CCC(NC(=O)Nc1cc(Cl)ccc1OC)c1ccccc1. The molecule has 0 bridgehead atoms. The number of hydrogen-bond acceptors (Lipinski definition) is 2. The van der Waals surface area contributed by atoms with E-state index < -0.39 is 0 Å². The molecule has 0 spiro atoms. The number of methoxy groups -OCH3 is 1. The van der Waals surface area contributed by atoms with Crippen molar-refractivity contribution in [1.29, 1.82) is 0 Å². The Hall–Kier alpha value is -2.20. The molecule has 2 amide bonds. The highest BCUT2D eigenvalue weighted by atomic mass is 35.5. The number of amides is 2. The minimum atomic E-state index is -0.295. The highest BCUT2D eigenvalue weighted by molar-refractivity contribution is 6.31. The second kappa shape index (κ2) is 7.71. The maximum absolute atomic E-state index is 12.2. The lowest BCUT2D eigenvalue weighted by Crippen LogP contribution is -2.32. The van der Waals surface area contributed by atoms with E-state index in [4.69, 9.17) is 16.3 Å². The fourth-order valence-corrected chi connectivity index (χ4v) is 2.37. The van der Waals surface area contributed by atoms with Crippen LogP contribution in [0.5, 0.6) is 5.75 Å². The first-order valence-corrected chi connectivity index (χ1v) is 7.47. The summed E-state index contributed by atoms with van der Waals surface area (Å²) in [6.45, 7) is 2.03. The molecule has 116 valence electrons. The zero-order valence-electron chi connectivity index (χ0n) is 12.6. The lowest BCUT2D eigenvalue weighted by atomic mass is 10.1. The summed E-state index contributed by atoms with van der Waals surface area (Å²) in [5.41, 5.74) is 1.61. The fourth-order valence-electron chi connectivity index (χ4n) is 2.20. The Labute approximate surface area is 135 Å². The largest absolute Gasteiger partial charge is 0.495 e. The predicted octanol–water partition coefficient (Wildman–Crippen LogP) is 4.62. The molecule has 0 saturated heterocycles. The van der Waals surface area contributed by atoms with Crippen molar-refractivity contribution in [3.8, 4) is 5.75 Å². The molecule has 4 nitrogen and oxygen atoms in total. The summed E-state index contributed by atoms with van der Waals surface area (Å²) in [6.07, 6.45) is 0.796. The molecule has 0 aliphatic carbocycles. The summed E-state index contributed by atoms with van der Waals surface area (Å²) in [7, 11) is 1.55. The molecule has 0 aliphatic rings. The molecule has 0 radical (unpaired) electrons. The second-order valence-corrected chi connectivity index (χ2v) is 5.25. The van der Waals surface area contributed by atoms with E-state index in [1.165, 1.54) is 0 Å². The van der Waals surface area contributed by atoms with E-state index in [0.717, 1.165) is 12.0 Å². The number of rotatable bonds is 5. The van der Waals surface area contributed by atoms with Crippen LogP contribution in [0, 0.1) is 0 Å². The quantitative estimate of drug-likeness (QED) is 0.845. The van der Waals surface area contributed by atoms with E-state index in [2.05, 4.69) is 10.6 Å². The van der Waals surface area contributed by atoms with Crippen LogP contribution in [0.2, 0.25) is 5.02 Å². The minimum absolute atomic E-state index is 0.0496. The molecule has 5 heteroatoms. The molecule has 1 atom stereocenters. The predicted molar refractivity (Wildman–Crippen MR) is 89.6 cm³/mol. The lowest BCUT2D eigenvalue weighted by Gasteiger charge is -2.18. The maximum Gasteiger partial charge on any atom is 0.319 e. The van der Waals surface area contributed by atoms with Crippen molar-refractivity contribution in [1.82, 2.24) is 5.32 Å². The van der Waals surface area contributed by atoms with Crippen LogP contribution < -0.4 is 15.4 Å². The third-order valence-electron chi connectivity index (χ3n) is 3.33. The van der Waals surface area contributed by atoms with Crippen LogP contribution in [-0.4, -0.2) is 13.1 Å². The highest BCUT2D eigenvalue weighted by Gasteiger charge is 2.14. The molecular formula is C17H19ClN2O2. The minimum Gasteiger partial charge on any atom is -0.495 e. The van der Waals surface area contributed by atoms with Gasteiger partial charge in [-0.25, -0.2) is 4.79 Å². The van der Waals surface area contributed by atoms with E-state index in [9.17, 15) is 4.79 Å². The number of ether oxygens (including phenoxy) is 1. The first kappa shape index (κ1) is 16.2. The third kappa shape index (κ3) is 4.15. The topological polar surface area (TPSA) is 50.4 Å². The van der Waals surface area contributed by atoms with Crippen LogP contribution in [0.1, 0.15) is 24.9 Å². The van der Waals surface area contributed by atoms with Crippen LogP contribution in [0.15, 0.2) is 48.5 Å². The summed E-state index contributed by atoms with van der Waals surface area (Å²) < 4.78 is 5.22. The third-order valence-corrected chi connectivity index (χ3v) is 3.56. The van der Waals surface area contributed by atoms with Gasteiger partial charge in [0.05, 0.1) is 18.8 Å². The Bertz CT molecular complexity index is 632. The van der Waals surface area contributed by atoms with Gasteiger partial charge < -0.3 is 15.4 Å². The Kier molecular flexibility index (Phi) is 5.67. The van der Waals surface area contributed by atoms with Gasteiger partial charge in [-0.1, -0.05) is 48.9 Å². The Morgan fingerprint density at radius 1 is 1.23 bits per heavy atom. The van der Waals surface area contributed by atoms with Gasteiger partial charge in [0.2, 0.25) is 0 Å². The van der Waals surface area contributed by atoms with E-state index in [0.29, 0.717) is 16.5 Å². The maximum atomic E-state index is 12.2. The molecule has 0 heterocycles. The lowest BCUT2D eigenvalue weighted by molar-refractivity contribution is 0.248. The Morgan fingerprint density at radius 2 is 1.95 bits per heavy atom. The number of halogens is 1. The standard InChI is InChI=1S/C17H19ClN2O2/c1-3-14(12-7-5-4-6-8-12)19-17(21)20-15-11-13(18)9-10-16(15)22-2/h4-11,14H,3H2,1-2H3,(H2,19,20,21). The van der Waals surface area contributed by atoms with Gasteiger partial charge in [0.25, 0.3) is 0 Å². The average Bonchev–Trinajstić information content (AvgIpc) is 2.53. The number of carbonyl (C=O) groups is 1. The number of urea groups is 1. The zero-order chi connectivity index (χ0) is 15.9. The molecule has 0 fully saturated rings. The van der Waals surface area contributed by atoms with Gasteiger partial charge in [-0.05, 0) is 30.2 Å². The zero-order valence-corrected chi connectivity index (χ0v) is 13.4. The number of hydrogen-bond donors (Lipinski definition) is 2. The first-order chi connectivity index (χ1) is 10.6. The average molecular weight is 319 g/mol. The molecule has 1 unspecified atom stereocenters. The van der Waals surface area contributed by atoms with Crippen molar-refractivity contribution in [3.05, 3.63) is 59.1 Å². The monoisotopic (exact) mass is 318 g/mol. The molecule has 0 saturated carbocycles. The van der Waals surface area contributed by atoms with Crippen LogP contribution in [-0.2, 0) is 0 Å². The molecule has 2 rings (SSSR count). The summed E-state index contributed by atoms with van der Waals surface area (Å²) in [5, 5.41) is 6.26. The normalized spacial score (nSPS) is 11.6. The van der Waals surface area contributed by atoms with Gasteiger partial charge in [-0.2, -0.15) is 0 Å². The Balaban J connectivity index is 2.08. The van der Waals surface area contributed by atoms with E-state index in [1.54, 1.807) is 25.3 Å². The summed E-state index contributed by atoms with van der Waals surface area (Å²) in [4.78, 5) is 12.2. The van der Waals surface area contributed by atoms with Crippen molar-refractivity contribution in [2.75, 3.05) is 12.4 Å². The van der Waals surface area contributed by atoms with E-state index >= 15 is 0 Å². The number of carbonyl (C=O) groups excluding carboxylic acids is 1. The van der Waals surface area contributed by atoms with Gasteiger partial charge >= 0.3 is 6.03 Å². The molecular weight excluding hydrogens is 300 g/mol. The fraction of sp³-hybridized carbons (Fsp3) is 0.235. The van der Waals surface area contributed by atoms with Crippen molar-refractivity contribution in [2.45, 2.75) is 19.4 Å². The number of nitrogens with one attached hydrogen (secondary N) is 2. The van der Waals surface area contributed by atoms with E-state index in [-0.39, 0.29) is 12.1 Å². The summed E-state index contributed by atoms with van der Waals surface area (Å²) in [6, 6.07) is 14.6. The van der Waals surface area contributed by atoms with Gasteiger partial charge in [-0.3, -0.25) is 0 Å². The van der Waals surface area contributed by atoms with Crippen LogP contribution >= 0.6 is 11.6 Å². The van der Waals surface area contributed by atoms with Crippen LogP contribution in [0.3, 0.4) is 0 Å². The first-order valence-electron chi connectivity index (χ1n) is 7.10. The summed E-state index contributed by atoms with van der Waals surface area (Å²) in [5.74, 6) is 0.562. The van der Waals surface area contributed by atoms with Crippen molar-refractivity contribution in [2.24, 2.45) is 0 Å². The number of anilines is 1. The molecule has 0 aliphatic heterocycles. The van der Waals surface area contributed by atoms with Gasteiger partial charge in [-0.15, -0.1) is 0 Å². The second-order valence-electron chi connectivity index (χ2n) is 4.81. The molecule has 0 aromatic heterocycles. The molecule has 2 aromatic carbocycles. The van der Waals surface area contributed by atoms with E-state index in [1.807, 2.05) is 37.3 Å². The summed E-state index contributed by atoms with van der Waals surface area (Å²) >= 11 is 5.96. The van der Waals surface area contributed by atoms with Crippen LogP contribution in [0.4, 0.5) is 10.5 Å². The van der Waals surface area contributed by atoms with Gasteiger partial charge in [0.1, 0.15) is 5.75 Å². The van der Waals surface area contributed by atoms with Crippen LogP contribution in [0.25, 0.3) is 0 Å². The molecule has 2 N–H and O–H groups in total. The Morgan fingerprint density at radius 3 is 2.59 bits per heavy atom. The van der Waals surface area contributed by atoms with Crippen molar-refractivity contribution in [3.63, 3.8) is 0 Å². The van der Waals surface area contributed by atoms with Gasteiger partial charge in [0, 0.05) is 5.02 Å². The van der Waals surface area contributed by atoms with Crippen molar-refractivity contribution < 1.29 is 9.53 Å². The van der Waals surface area contributed by atoms with Crippen molar-refractivity contribution >= 4 is 23.3 Å². The smallest absolute Gasteiger partial charge is 0.319 e. The molecule has 2 aromatic rings.